The van der Waals surface area contributed by atoms with Crippen LogP contribution in [0.15, 0.2) is 66.7 Å². The maximum atomic E-state index is 13.5. The van der Waals surface area contributed by atoms with E-state index in [4.69, 9.17) is 18.9 Å². The smallest absolute Gasteiger partial charge is 0.292 e. The number of hydrogen-bond acceptors (Lipinski definition) is 5. The van der Waals surface area contributed by atoms with E-state index in [1.54, 1.807) is 19.1 Å². The van der Waals surface area contributed by atoms with Crippen LogP contribution in [-0.4, -0.2) is 33.3 Å². The minimum absolute atomic E-state index is 0.192. The number of anilines is 1. The molecule has 1 spiro atoms. The third-order valence-electron chi connectivity index (χ3n) is 5.79. The topological polar surface area (TPSA) is 57.2 Å². The number of ether oxygens (including phenoxy) is 4. The number of hydrogen-bond donors (Lipinski definition) is 0. The van der Waals surface area contributed by atoms with Gasteiger partial charge in [-0.05, 0) is 53.1 Å². The quantitative estimate of drug-likeness (QED) is 0.625. The summed E-state index contributed by atoms with van der Waals surface area (Å²) in [5, 5.41) is 0. The van der Waals surface area contributed by atoms with Gasteiger partial charge in [-0.3, -0.25) is 4.79 Å². The van der Waals surface area contributed by atoms with Gasteiger partial charge in [0.25, 0.3) is 11.7 Å². The highest BCUT2D eigenvalue weighted by Crippen LogP contribution is 2.47. The standard InChI is InChI=1S/C25H23NO5/c1-28-20-8-3-17(4-9-20)16-26-23-12-7-19(18-5-10-21(29-2)11-6-18)15-22(23)25(24(26)27)30-13-14-31-25/h3-12,15H,13-14,16H2,1-2H3. The van der Waals surface area contributed by atoms with Crippen LogP contribution < -0.4 is 14.4 Å². The Labute approximate surface area is 180 Å². The van der Waals surface area contributed by atoms with Gasteiger partial charge in [0.05, 0.1) is 39.7 Å². The lowest BCUT2D eigenvalue weighted by Gasteiger charge is -2.22. The summed E-state index contributed by atoms with van der Waals surface area (Å²) in [5.41, 5.74) is 4.56. The van der Waals surface area contributed by atoms with Gasteiger partial charge in [0, 0.05) is 5.56 Å². The molecule has 0 saturated carbocycles. The van der Waals surface area contributed by atoms with E-state index < -0.39 is 5.79 Å². The fourth-order valence-electron chi connectivity index (χ4n) is 4.16. The molecule has 0 bridgehead atoms. The first-order chi connectivity index (χ1) is 15.1. The fraction of sp³-hybridized carbons (Fsp3) is 0.240. The van der Waals surface area contributed by atoms with Crippen molar-refractivity contribution < 1.29 is 23.7 Å². The van der Waals surface area contributed by atoms with E-state index >= 15 is 0 Å². The van der Waals surface area contributed by atoms with Gasteiger partial charge in [0.1, 0.15) is 11.5 Å². The second-order valence-corrected chi connectivity index (χ2v) is 7.51. The minimum atomic E-state index is -1.37. The number of carbonyl (C=O) groups is 1. The van der Waals surface area contributed by atoms with E-state index in [2.05, 4.69) is 0 Å². The Balaban J connectivity index is 1.53. The van der Waals surface area contributed by atoms with Crippen LogP contribution in [0.4, 0.5) is 5.69 Å². The molecular formula is C25H23NO5. The van der Waals surface area contributed by atoms with Crippen LogP contribution in [0.3, 0.4) is 0 Å². The molecule has 1 amide bonds. The van der Waals surface area contributed by atoms with Crippen molar-refractivity contribution in [1.29, 1.82) is 0 Å². The van der Waals surface area contributed by atoms with Crippen molar-refractivity contribution in [1.82, 2.24) is 0 Å². The summed E-state index contributed by atoms with van der Waals surface area (Å²) in [6, 6.07) is 21.5. The van der Waals surface area contributed by atoms with Gasteiger partial charge in [-0.2, -0.15) is 0 Å². The summed E-state index contributed by atoms with van der Waals surface area (Å²) >= 11 is 0. The summed E-state index contributed by atoms with van der Waals surface area (Å²) in [5.74, 6) is 0.0111. The van der Waals surface area contributed by atoms with E-state index in [1.807, 2.05) is 66.7 Å². The summed E-state index contributed by atoms with van der Waals surface area (Å²) in [7, 11) is 3.28. The van der Waals surface area contributed by atoms with E-state index in [1.165, 1.54) is 0 Å². The molecule has 2 heterocycles. The van der Waals surface area contributed by atoms with Crippen molar-refractivity contribution in [3.05, 3.63) is 77.9 Å². The van der Waals surface area contributed by atoms with Crippen molar-refractivity contribution in [2.24, 2.45) is 0 Å². The summed E-state index contributed by atoms with van der Waals surface area (Å²) in [4.78, 5) is 15.2. The van der Waals surface area contributed by atoms with Crippen molar-refractivity contribution >= 4 is 11.6 Å². The molecule has 3 aromatic carbocycles. The third-order valence-corrected chi connectivity index (χ3v) is 5.79. The van der Waals surface area contributed by atoms with Gasteiger partial charge in [-0.15, -0.1) is 0 Å². The molecule has 6 heteroatoms. The molecule has 1 saturated heterocycles. The highest BCUT2D eigenvalue weighted by molar-refractivity contribution is 6.06. The Hall–Kier alpha value is -3.35. The van der Waals surface area contributed by atoms with Crippen molar-refractivity contribution in [2.45, 2.75) is 12.3 Å². The molecule has 0 atom stereocenters. The van der Waals surface area contributed by atoms with Crippen molar-refractivity contribution in [3.8, 4) is 22.6 Å². The van der Waals surface area contributed by atoms with E-state index in [0.717, 1.165) is 39.4 Å². The highest BCUT2D eigenvalue weighted by atomic mass is 16.7. The van der Waals surface area contributed by atoms with E-state index in [9.17, 15) is 4.79 Å². The minimum Gasteiger partial charge on any atom is -0.497 e. The Bertz CT molecular complexity index is 1100. The second-order valence-electron chi connectivity index (χ2n) is 7.51. The van der Waals surface area contributed by atoms with Crippen LogP contribution in [0.1, 0.15) is 11.1 Å². The Kier molecular flexibility index (Phi) is 4.88. The zero-order valence-corrected chi connectivity index (χ0v) is 17.5. The van der Waals surface area contributed by atoms with Crippen molar-refractivity contribution in [2.75, 3.05) is 32.3 Å². The molecule has 5 rings (SSSR count). The first kappa shape index (κ1) is 19.6. The van der Waals surface area contributed by atoms with Crippen LogP contribution >= 0.6 is 0 Å². The maximum absolute atomic E-state index is 13.5. The first-order valence-corrected chi connectivity index (χ1v) is 10.2. The second kappa shape index (κ2) is 7.72. The molecule has 0 unspecified atom stereocenters. The average Bonchev–Trinajstić information content (AvgIpc) is 3.40. The summed E-state index contributed by atoms with van der Waals surface area (Å²) < 4.78 is 22.3. The lowest BCUT2D eigenvalue weighted by molar-refractivity contribution is -0.180. The lowest BCUT2D eigenvalue weighted by atomic mass is 9.99. The number of fused-ring (bicyclic) bond motifs is 2. The zero-order valence-electron chi connectivity index (χ0n) is 17.5. The van der Waals surface area contributed by atoms with Crippen LogP contribution in [0, 0.1) is 0 Å². The zero-order chi connectivity index (χ0) is 21.4. The van der Waals surface area contributed by atoms with Gasteiger partial charge in [-0.25, -0.2) is 0 Å². The molecule has 31 heavy (non-hydrogen) atoms. The molecule has 0 radical (unpaired) electrons. The normalized spacial score (nSPS) is 16.6. The van der Waals surface area contributed by atoms with Gasteiger partial charge >= 0.3 is 0 Å². The SMILES string of the molecule is COc1ccc(CN2C(=O)C3(OCCO3)c3cc(-c4ccc(OC)cc4)ccc32)cc1. The molecule has 0 N–H and O–H groups in total. The number of carbonyl (C=O) groups excluding carboxylic acids is 1. The molecule has 1 fully saturated rings. The van der Waals surface area contributed by atoms with Gasteiger partial charge in [0.2, 0.25) is 0 Å². The van der Waals surface area contributed by atoms with Crippen molar-refractivity contribution in [3.63, 3.8) is 0 Å². The van der Waals surface area contributed by atoms with E-state index in [0.29, 0.717) is 19.8 Å². The predicted octanol–water partition coefficient (Wildman–Crippen LogP) is 4.12. The average molecular weight is 417 g/mol. The molecule has 0 aromatic heterocycles. The Morgan fingerprint density at radius 3 is 2.03 bits per heavy atom. The summed E-state index contributed by atoms with van der Waals surface area (Å²) in [6.45, 7) is 1.19. The molecule has 158 valence electrons. The van der Waals surface area contributed by atoms with E-state index in [-0.39, 0.29) is 5.91 Å². The largest absolute Gasteiger partial charge is 0.497 e. The van der Waals surface area contributed by atoms with Crippen LogP contribution in [-0.2, 0) is 26.6 Å². The molecule has 0 aliphatic carbocycles. The number of methoxy groups -OCH3 is 2. The highest BCUT2D eigenvalue weighted by Gasteiger charge is 2.56. The van der Waals surface area contributed by atoms with Gasteiger partial charge < -0.3 is 23.8 Å². The molecule has 2 aliphatic rings. The maximum Gasteiger partial charge on any atom is 0.292 e. The summed E-state index contributed by atoms with van der Waals surface area (Å²) in [6.07, 6.45) is 0. The predicted molar refractivity (Wildman–Crippen MR) is 116 cm³/mol. The third kappa shape index (κ3) is 3.24. The van der Waals surface area contributed by atoms with Crippen LogP contribution in [0.25, 0.3) is 11.1 Å². The molecule has 6 nitrogen and oxygen atoms in total. The van der Waals surface area contributed by atoms with Gasteiger partial charge in [-0.1, -0.05) is 30.3 Å². The number of amides is 1. The molecule has 2 aliphatic heterocycles. The molecule has 3 aromatic rings. The first-order valence-electron chi connectivity index (χ1n) is 10.2. The van der Waals surface area contributed by atoms with Crippen LogP contribution in [0.5, 0.6) is 11.5 Å². The lowest BCUT2D eigenvalue weighted by Crippen LogP contribution is -2.40. The Morgan fingerprint density at radius 2 is 1.42 bits per heavy atom. The molecular weight excluding hydrogens is 394 g/mol. The van der Waals surface area contributed by atoms with Gasteiger partial charge in [0.15, 0.2) is 0 Å². The number of benzene rings is 3. The Morgan fingerprint density at radius 1 is 0.839 bits per heavy atom. The monoisotopic (exact) mass is 417 g/mol. The number of nitrogens with zero attached hydrogens (tertiary/aromatic N) is 1. The number of rotatable bonds is 5. The van der Waals surface area contributed by atoms with Crippen LogP contribution in [0.2, 0.25) is 0 Å². The fourth-order valence-corrected chi connectivity index (χ4v) is 4.16.